The van der Waals surface area contributed by atoms with Crippen LogP contribution < -0.4 is 5.32 Å². The van der Waals surface area contributed by atoms with Crippen LogP contribution in [0.25, 0.3) is 0 Å². The summed E-state index contributed by atoms with van der Waals surface area (Å²) in [6.07, 6.45) is 13.0. The number of allylic oxidation sites excluding steroid dienone is 1. The molecule has 0 atom stereocenters. The summed E-state index contributed by atoms with van der Waals surface area (Å²) in [6, 6.07) is 0. The first kappa shape index (κ1) is 16.5. The second-order valence-electron chi connectivity index (χ2n) is 4.67. The summed E-state index contributed by atoms with van der Waals surface area (Å²) in [6.45, 7) is 7.42. The van der Waals surface area contributed by atoms with Crippen molar-refractivity contribution in [3.63, 3.8) is 0 Å². The van der Waals surface area contributed by atoms with Gasteiger partial charge in [-0.1, -0.05) is 24.3 Å². The van der Waals surface area contributed by atoms with Gasteiger partial charge in [0.2, 0.25) is 0 Å². The highest BCUT2D eigenvalue weighted by molar-refractivity contribution is 5.71. The molecular weight excluding hydrogens is 252 g/mol. The molecule has 0 aromatic carbocycles. The van der Waals surface area contributed by atoms with Crippen LogP contribution in [-0.4, -0.2) is 43.7 Å². The van der Waals surface area contributed by atoms with Crippen LogP contribution in [0, 0.1) is 0 Å². The van der Waals surface area contributed by atoms with E-state index < -0.39 is 0 Å². The zero-order valence-corrected chi connectivity index (χ0v) is 12.6. The van der Waals surface area contributed by atoms with Crippen molar-refractivity contribution >= 4 is 5.97 Å². The van der Waals surface area contributed by atoms with E-state index in [0.29, 0.717) is 13.2 Å². The molecule has 20 heavy (non-hydrogen) atoms. The third-order valence-corrected chi connectivity index (χ3v) is 3.09. The molecule has 0 amide bonds. The molecule has 4 heteroatoms. The molecule has 0 aromatic rings. The van der Waals surface area contributed by atoms with Gasteiger partial charge in [-0.2, -0.15) is 0 Å². The Kier molecular flexibility index (Phi) is 8.47. The lowest BCUT2D eigenvalue weighted by atomic mass is 10.2. The third kappa shape index (κ3) is 7.14. The van der Waals surface area contributed by atoms with E-state index in [1.165, 1.54) is 12.0 Å². The fraction of sp³-hybridized carbons (Fsp3) is 0.562. The van der Waals surface area contributed by atoms with E-state index in [-0.39, 0.29) is 12.5 Å². The summed E-state index contributed by atoms with van der Waals surface area (Å²) in [4.78, 5) is 13.5. The first-order valence-electron chi connectivity index (χ1n) is 7.35. The molecule has 4 nitrogen and oxygen atoms in total. The van der Waals surface area contributed by atoms with E-state index in [4.69, 9.17) is 4.74 Å². The molecule has 0 saturated carbocycles. The van der Waals surface area contributed by atoms with E-state index in [9.17, 15) is 4.79 Å². The van der Waals surface area contributed by atoms with Crippen LogP contribution in [0.2, 0.25) is 0 Å². The molecule has 0 bridgehead atoms. The molecule has 0 fully saturated rings. The van der Waals surface area contributed by atoms with Crippen molar-refractivity contribution in [3.8, 4) is 0 Å². The van der Waals surface area contributed by atoms with Gasteiger partial charge in [0.25, 0.3) is 0 Å². The molecule has 0 spiro atoms. The Bertz CT molecular complexity index is 373. The number of ether oxygens (including phenoxy) is 1. The lowest BCUT2D eigenvalue weighted by Gasteiger charge is -2.13. The minimum absolute atomic E-state index is 0.201. The van der Waals surface area contributed by atoms with E-state index in [1.54, 1.807) is 0 Å². The SMILES string of the molecule is C/C=C(\C=C/CCN1C=CCC1)CNCC(=O)OCC. The van der Waals surface area contributed by atoms with E-state index in [1.807, 2.05) is 13.8 Å². The van der Waals surface area contributed by atoms with Gasteiger partial charge in [0, 0.05) is 19.6 Å². The molecule has 112 valence electrons. The van der Waals surface area contributed by atoms with Crippen LogP contribution in [0.3, 0.4) is 0 Å². The number of nitrogens with one attached hydrogen (secondary N) is 1. The van der Waals surface area contributed by atoms with Gasteiger partial charge in [-0.25, -0.2) is 0 Å². The molecule has 1 aliphatic heterocycles. The molecule has 0 radical (unpaired) electrons. The first-order chi connectivity index (χ1) is 9.76. The predicted molar refractivity (Wildman–Crippen MR) is 82.3 cm³/mol. The van der Waals surface area contributed by atoms with Crippen LogP contribution in [-0.2, 0) is 9.53 Å². The lowest BCUT2D eigenvalue weighted by Crippen LogP contribution is -2.26. The Morgan fingerprint density at radius 3 is 2.95 bits per heavy atom. The van der Waals surface area contributed by atoms with Crippen molar-refractivity contribution in [1.29, 1.82) is 0 Å². The van der Waals surface area contributed by atoms with Gasteiger partial charge in [-0.15, -0.1) is 0 Å². The van der Waals surface area contributed by atoms with E-state index in [0.717, 1.165) is 19.5 Å². The van der Waals surface area contributed by atoms with E-state index >= 15 is 0 Å². The Hall–Kier alpha value is -1.55. The summed E-state index contributed by atoms with van der Waals surface area (Å²) >= 11 is 0. The highest BCUT2D eigenvalue weighted by Crippen LogP contribution is 2.05. The number of esters is 1. The van der Waals surface area contributed by atoms with Gasteiger partial charge in [0.05, 0.1) is 13.2 Å². The Labute approximate surface area is 122 Å². The van der Waals surface area contributed by atoms with E-state index in [2.05, 4.69) is 40.7 Å². The third-order valence-electron chi connectivity index (χ3n) is 3.09. The van der Waals surface area contributed by atoms with Crippen LogP contribution in [0.4, 0.5) is 0 Å². The molecule has 0 aliphatic carbocycles. The van der Waals surface area contributed by atoms with Crippen molar-refractivity contribution in [3.05, 3.63) is 36.1 Å². The molecule has 1 N–H and O–H groups in total. The van der Waals surface area contributed by atoms with Crippen molar-refractivity contribution < 1.29 is 9.53 Å². The molecule has 0 unspecified atom stereocenters. The maximum Gasteiger partial charge on any atom is 0.319 e. The number of rotatable bonds is 9. The zero-order chi connectivity index (χ0) is 14.6. The number of nitrogens with zero attached hydrogens (tertiary/aromatic N) is 1. The van der Waals surface area contributed by atoms with Crippen LogP contribution in [0.5, 0.6) is 0 Å². The second kappa shape index (κ2) is 10.3. The highest BCUT2D eigenvalue weighted by Gasteiger charge is 2.02. The summed E-state index contributed by atoms with van der Waals surface area (Å²) in [5, 5.41) is 3.09. The van der Waals surface area contributed by atoms with Crippen molar-refractivity contribution in [2.45, 2.75) is 26.7 Å². The zero-order valence-electron chi connectivity index (χ0n) is 12.6. The summed E-state index contributed by atoms with van der Waals surface area (Å²) < 4.78 is 4.86. The normalized spacial score (nSPS) is 15.3. The van der Waals surface area contributed by atoms with Crippen molar-refractivity contribution in [2.24, 2.45) is 0 Å². The predicted octanol–water partition coefficient (Wildman–Crippen LogP) is 2.25. The molecular formula is C16H26N2O2. The van der Waals surface area contributed by atoms with Crippen molar-refractivity contribution in [2.75, 3.05) is 32.8 Å². The molecule has 1 aliphatic rings. The Morgan fingerprint density at radius 2 is 2.30 bits per heavy atom. The van der Waals surface area contributed by atoms with Gasteiger partial charge >= 0.3 is 5.97 Å². The fourth-order valence-electron chi connectivity index (χ4n) is 1.98. The average Bonchev–Trinajstić information content (AvgIpc) is 2.95. The smallest absolute Gasteiger partial charge is 0.319 e. The largest absolute Gasteiger partial charge is 0.465 e. The Morgan fingerprint density at radius 1 is 1.45 bits per heavy atom. The summed E-state index contributed by atoms with van der Waals surface area (Å²) in [5.74, 6) is -0.201. The monoisotopic (exact) mass is 278 g/mol. The first-order valence-corrected chi connectivity index (χ1v) is 7.35. The van der Waals surface area contributed by atoms with Gasteiger partial charge in [0.1, 0.15) is 0 Å². The maximum absolute atomic E-state index is 11.2. The number of carbonyl (C=O) groups excluding carboxylic acids is 1. The number of hydrogen-bond acceptors (Lipinski definition) is 4. The lowest BCUT2D eigenvalue weighted by molar-refractivity contribution is -0.141. The number of carbonyl (C=O) groups is 1. The fourth-order valence-corrected chi connectivity index (χ4v) is 1.98. The molecule has 0 saturated heterocycles. The minimum Gasteiger partial charge on any atom is -0.465 e. The summed E-state index contributed by atoms with van der Waals surface area (Å²) in [5.41, 5.74) is 1.19. The molecule has 1 heterocycles. The second-order valence-corrected chi connectivity index (χ2v) is 4.67. The maximum atomic E-state index is 11.2. The van der Waals surface area contributed by atoms with Crippen molar-refractivity contribution in [1.82, 2.24) is 10.2 Å². The van der Waals surface area contributed by atoms with Crippen LogP contribution in [0.1, 0.15) is 26.7 Å². The Balaban J connectivity index is 2.15. The minimum atomic E-state index is -0.201. The van der Waals surface area contributed by atoms with Gasteiger partial charge < -0.3 is 15.0 Å². The van der Waals surface area contributed by atoms with Crippen LogP contribution in [0.15, 0.2) is 36.1 Å². The van der Waals surface area contributed by atoms with Gasteiger partial charge in [0.15, 0.2) is 0 Å². The standard InChI is InChI=1S/C16H26N2O2/c1-3-15(13-17-14-16(19)20-4-2)9-5-6-10-18-11-7-8-12-18/h3,5,7,9,11,17H,4,6,8,10,12-14H2,1-2H3/b9-5-,15-3+. The molecule has 0 aromatic heterocycles. The average molecular weight is 278 g/mol. The number of hydrogen-bond donors (Lipinski definition) is 1. The summed E-state index contributed by atoms with van der Waals surface area (Å²) in [7, 11) is 0. The van der Waals surface area contributed by atoms with Gasteiger partial charge in [-0.3, -0.25) is 4.79 Å². The van der Waals surface area contributed by atoms with Crippen LogP contribution >= 0.6 is 0 Å². The van der Waals surface area contributed by atoms with Gasteiger partial charge in [-0.05, 0) is 38.5 Å². The molecule has 1 rings (SSSR count). The quantitative estimate of drug-likeness (QED) is 0.519. The highest BCUT2D eigenvalue weighted by atomic mass is 16.5. The topological polar surface area (TPSA) is 41.6 Å².